The van der Waals surface area contributed by atoms with E-state index in [9.17, 15) is 4.79 Å². The predicted molar refractivity (Wildman–Crippen MR) is 80.7 cm³/mol. The van der Waals surface area contributed by atoms with Crippen molar-refractivity contribution in [2.45, 2.75) is 51.5 Å². The third-order valence-electron chi connectivity index (χ3n) is 4.08. The highest BCUT2D eigenvalue weighted by molar-refractivity contribution is 5.73. The minimum Gasteiger partial charge on any atom is -0.372 e. The molecule has 8 nitrogen and oxygen atoms in total. The van der Waals surface area contributed by atoms with Gasteiger partial charge in [0.25, 0.3) is 0 Å². The normalized spacial score (nSPS) is 26.3. The van der Waals surface area contributed by atoms with Crippen LogP contribution in [-0.2, 0) is 20.8 Å². The molecule has 3 rings (SSSR count). The molecule has 128 valence electrons. The molecule has 8 heteroatoms. The van der Waals surface area contributed by atoms with Gasteiger partial charge < -0.3 is 19.3 Å². The number of nitrogens with one attached hydrogen (secondary N) is 1. The maximum Gasteiger partial charge on any atom is 0.240 e. The molecule has 0 bridgehead atoms. The summed E-state index contributed by atoms with van der Waals surface area (Å²) in [5.74, 6) is 1.56. The molecule has 23 heavy (non-hydrogen) atoms. The van der Waals surface area contributed by atoms with Gasteiger partial charge in [0.15, 0.2) is 5.82 Å². The molecule has 1 aromatic heterocycles. The molecule has 2 fully saturated rings. The van der Waals surface area contributed by atoms with Crippen molar-refractivity contribution in [1.82, 2.24) is 20.4 Å². The molecule has 1 amide bonds. The highest BCUT2D eigenvalue weighted by atomic mass is 16.6. The quantitative estimate of drug-likeness (QED) is 0.852. The SMILES string of the molecule is CC(=O)NC1CO[C@H]2CN(Cc3nc(C(C)C)no3)C[C@@H]2OC1. The second-order valence-electron chi connectivity index (χ2n) is 6.54. The summed E-state index contributed by atoms with van der Waals surface area (Å²) in [6.07, 6.45) is 0.0301. The highest BCUT2D eigenvalue weighted by Gasteiger charge is 2.38. The van der Waals surface area contributed by atoms with E-state index in [0.717, 1.165) is 18.9 Å². The van der Waals surface area contributed by atoms with Crippen molar-refractivity contribution < 1.29 is 18.8 Å². The summed E-state index contributed by atoms with van der Waals surface area (Å²) in [6, 6.07) is -0.0731. The second-order valence-corrected chi connectivity index (χ2v) is 6.54. The van der Waals surface area contributed by atoms with E-state index in [-0.39, 0.29) is 30.1 Å². The zero-order valence-corrected chi connectivity index (χ0v) is 13.8. The summed E-state index contributed by atoms with van der Waals surface area (Å²) in [4.78, 5) is 17.7. The third-order valence-corrected chi connectivity index (χ3v) is 4.08. The number of amides is 1. The van der Waals surface area contributed by atoms with Crippen LogP contribution in [0, 0.1) is 0 Å². The maximum atomic E-state index is 11.1. The van der Waals surface area contributed by atoms with E-state index in [0.29, 0.717) is 25.6 Å². The summed E-state index contributed by atoms with van der Waals surface area (Å²) < 4.78 is 17.1. The molecule has 0 aliphatic carbocycles. The molecular formula is C15H24N4O4. The zero-order chi connectivity index (χ0) is 16.4. The molecule has 2 aliphatic rings. The number of carbonyl (C=O) groups excluding carboxylic acids is 1. The lowest BCUT2D eigenvalue weighted by molar-refractivity contribution is -0.120. The molecule has 2 atom stereocenters. The first-order valence-electron chi connectivity index (χ1n) is 8.06. The number of likely N-dealkylation sites (tertiary alicyclic amines) is 1. The number of fused-ring (bicyclic) bond motifs is 1. The van der Waals surface area contributed by atoms with Gasteiger partial charge in [0, 0.05) is 25.9 Å². The molecule has 2 saturated heterocycles. The van der Waals surface area contributed by atoms with E-state index < -0.39 is 0 Å². The topological polar surface area (TPSA) is 89.7 Å². The monoisotopic (exact) mass is 324 g/mol. The first-order valence-corrected chi connectivity index (χ1v) is 8.06. The molecule has 0 spiro atoms. The number of aromatic nitrogens is 2. The summed E-state index contributed by atoms with van der Waals surface area (Å²) in [6.45, 7) is 8.66. The van der Waals surface area contributed by atoms with Crippen molar-refractivity contribution in [2.24, 2.45) is 0 Å². The lowest BCUT2D eigenvalue weighted by Crippen LogP contribution is -2.40. The highest BCUT2D eigenvalue weighted by Crippen LogP contribution is 2.22. The van der Waals surface area contributed by atoms with Crippen molar-refractivity contribution in [1.29, 1.82) is 0 Å². The summed E-state index contributed by atoms with van der Waals surface area (Å²) in [7, 11) is 0. The first-order chi connectivity index (χ1) is 11.0. The number of rotatable bonds is 4. The molecule has 0 unspecified atom stereocenters. The average Bonchev–Trinajstić information content (AvgIpc) is 3.05. The van der Waals surface area contributed by atoms with Gasteiger partial charge >= 0.3 is 0 Å². The van der Waals surface area contributed by atoms with Crippen molar-refractivity contribution >= 4 is 5.91 Å². The Kier molecular flexibility index (Phi) is 4.93. The summed E-state index contributed by atoms with van der Waals surface area (Å²) in [5.41, 5.74) is 0. The average molecular weight is 324 g/mol. The van der Waals surface area contributed by atoms with E-state index in [4.69, 9.17) is 14.0 Å². The Morgan fingerprint density at radius 3 is 2.48 bits per heavy atom. The van der Waals surface area contributed by atoms with Gasteiger partial charge in [-0.1, -0.05) is 19.0 Å². The van der Waals surface area contributed by atoms with E-state index in [1.807, 2.05) is 13.8 Å². The van der Waals surface area contributed by atoms with Crippen molar-refractivity contribution in [3.63, 3.8) is 0 Å². The summed E-state index contributed by atoms with van der Waals surface area (Å²) in [5, 5.41) is 6.83. The molecule has 0 saturated carbocycles. The van der Waals surface area contributed by atoms with Gasteiger partial charge in [-0.2, -0.15) is 4.98 Å². The van der Waals surface area contributed by atoms with Gasteiger partial charge in [0.1, 0.15) is 0 Å². The smallest absolute Gasteiger partial charge is 0.240 e. The van der Waals surface area contributed by atoms with Crippen molar-refractivity contribution in [2.75, 3.05) is 26.3 Å². The van der Waals surface area contributed by atoms with Crippen LogP contribution >= 0.6 is 0 Å². The van der Waals surface area contributed by atoms with Gasteiger partial charge in [0.05, 0.1) is 38.0 Å². The molecule has 0 aromatic carbocycles. The molecule has 1 N–H and O–H groups in total. The van der Waals surface area contributed by atoms with Crippen molar-refractivity contribution in [3.05, 3.63) is 11.7 Å². The number of hydrogen-bond acceptors (Lipinski definition) is 7. The van der Waals surface area contributed by atoms with E-state index in [1.165, 1.54) is 6.92 Å². The van der Waals surface area contributed by atoms with Crippen LogP contribution in [0.15, 0.2) is 4.52 Å². The van der Waals surface area contributed by atoms with E-state index >= 15 is 0 Å². The fourth-order valence-corrected chi connectivity index (χ4v) is 2.92. The molecule has 3 heterocycles. The van der Waals surface area contributed by atoms with Crippen LogP contribution in [0.5, 0.6) is 0 Å². The van der Waals surface area contributed by atoms with Gasteiger partial charge in [-0.3, -0.25) is 9.69 Å². The first kappa shape index (κ1) is 16.4. The predicted octanol–water partition coefficient (Wildman–Crippen LogP) is 0.297. The minimum absolute atomic E-state index is 0.0150. The second kappa shape index (κ2) is 6.94. The van der Waals surface area contributed by atoms with Crippen LogP contribution in [-0.4, -0.2) is 65.5 Å². The largest absolute Gasteiger partial charge is 0.372 e. The Labute approximate surface area is 135 Å². The van der Waals surface area contributed by atoms with Gasteiger partial charge in [0.2, 0.25) is 11.8 Å². The molecule has 1 aromatic rings. The zero-order valence-electron chi connectivity index (χ0n) is 13.8. The number of carbonyl (C=O) groups is 1. The Bertz CT molecular complexity index is 531. The Morgan fingerprint density at radius 2 is 1.96 bits per heavy atom. The molecular weight excluding hydrogens is 300 g/mol. The van der Waals surface area contributed by atoms with Crippen LogP contribution in [0.2, 0.25) is 0 Å². The summed E-state index contributed by atoms with van der Waals surface area (Å²) >= 11 is 0. The van der Waals surface area contributed by atoms with E-state index in [1.54, 1.807) is 0 Å². The van der Waals surface area contributed by atoms with Crippen LogP contribution in [0.4, 0.5) is 0 Å². The van der Waals surface area contributed by atoms with E-state index in [2.05, 4.69) is 20.4 Å². The standard InChI is InChI=1S/C15H24N4O4/c1-9(2)15-17-14(23-18-15)6-19-4-12-13(5-19)22-8-11(7-21-12)16-10(3)20/h9,11-13H,4-8H2,1-3H3,(H,16,20)/t12-,13-/m0/s1. The van der Waals surface area contributed by atoms with Gasteiger partial charge in [-0.05, 0) is 0 Å². The number of hydrogen-bond donors (Lipinski definition) is 1. The third kappa shape index (κ3) is 4.07. The van der Waals surface area contributed by atoms with Crippen LogP contribution in [0.25, 0.3) is 0 Å². The van der Waals surface area contributed by atoms with Gasteiger partial charge in [-0.15, -0.1) is 0 Å². The molecule has 2 aliphatic heterocycles. The van der Waals surface area contributed by atoms with Crippen LogP contribution in [0.3, 0.4) is 0 Å². The Morgan fingerprint density at radius 1 is 1.30 bits per heavy atom. The maximum absolute atomic E-state index is 11.1. The lowest BCUT2D eigenvalue weighted by atomic mass is 10.2. The fraction of sp³-hybridized carbons (Fsp3) is 0.800. The van der Waals surface area contributed by atoms with Crippen LogP contribution < -0.4 is 5.32 Å². The van der Waals surface area contributed by atoms with Crippen molar-refractivity contribution in [3.8, 4) is 0 Å². The van der Waals surface area contributed by atoms with Crippen LogP contribution in [0.1, 0.15) is 38.4 Å². The Balaban J connectivity index is 1.52. The minimum atomic E-state index is -0.0731. The number of nitrogens with zero attached hydrogens (tertiary/aromatic N) is 3. The lowest BCUT2D eigenvalue weighted by Gasteiger charge is -2.17. The number of ether oxygens (including phenoxy) is 2. The van der Waals surface area contributed by atoms with Gasteiger partial charge in [-0.25, -0.2) is 0 Å². The Hall–Kier alpha value is -1.51. The molecule has 0 radical (unpaired) electrons. The fourth-order valence-electron chi connectivity index (χ4n) is 2.92.